The molecule has 30 heavy (non-hydrogen) atoms. The van der Waals surface area contributed by atoms with Crippen LogP contribution in [0.5, 0.6) is 17.2 Å². The lowest BCUT2D eigenvalue weighted by Crippen LogP contribution is -2.40. The average Bonchev–Trinajstić information content (AvgIpc) is 3.30. The maximum Gasteiger partial charge on any atom is 0.328 e. The fourth-order valence-electron chi connectivity index (χ4n) is 2.49. The number of carbonyl (C=O) groups excluding carboxylic acids is 3. The number of hydrogen-bond donors (Lipinski definition) is 2. The van der Waals surface area contributed by atoms with Crippen molar-refractivity contribution >= 4 is 17.8 Å². The number of rotatable bonds is 10. The third-order valence-corrected chi connectivity index (χ3v) is 4.01. The Morgan fingerprint density at radius 2 is 1.73 bits per heavy atom. The highest BCUT2D eigenvalue weighted by Crippen LogP contribution is 2.38. The van der Waals surface area contributed by atoms with Crippen molar-refractivity contribution in [1.82, 2.24) is 10.6 Å². The number of carbonyl (C=O) groups is 3. The molecule has 0 aliphatic rings. The minimum absolute atomic E-state index is 0.0674. The van der Waals surface area contributed by atoms with Crippen LogP contribution < -0.4 is 24.8 Å². The molecule has 1 heterocycles. The lowest BCUT2D eigenvalue weighted by Gasteiger charge is -2.15. The van der Waals surface area contributed by atoms with E-state index in [-0.39, 0.29) is 12.3 Å². The molecule has 10 nitrogen and oxygen atoms in total. The summed E-state index contributed by atoms with van der Waals surface area (Å²) in [7, 11) is 4.48. The third kappa shape index (κ3) is 5.90. The van der Waals surface area contributed by atoms with Crippen molar-refractivity contribution in [3.05, 3.63) is 41.9 Å². The summed E-state index contributed by atoms with van der Waals surface area (Å²) in [6.07, 6.45) is 1.34. The van der Waals surface area contributed by atoms with E-state index < -0.39 is 30.4 Å². The molecule has 2 N–H and O–H groups in total. The second-order valence-corrected chi connectivity index (χ2v) is 6.09. The first-order chi connectivity index (χ1) is 14.4. The molecule has 2 rings (SSSR count). The highest BCUT2D eigenvalue weighted by Gasteiger charge is 2.20. The van der Waals surface area contributed by atoms with Gasteiger partial charge in [-0.25, -0.2) is 4.79 Å². The fraction of sp³-hybridized carbons (Fsp3) is 0.350. The molecule has 0 bridgehead atoms. The molecule has 1 atom stereocenters. The predicted molar refractivity (Wildman–Crippen MR) is 105 cm³/mol. The number of furan rings is 1. The summed E-state index contributed by atoms with van der Waals surface area (Å²) in [6, 6.07) is 5.45. The Morgan fingerprint density at radius 1 is 1.07 bits per heavy atom. The number of amides is 2. The highest BCUT2D eigenvalue weighted by molar-refractivity contribution is 5.94. The molecule has 0 aliphatic carbocycles. The van der Waals surface area contributed by atoms with E-state index in [4.69, 9.17) is 23.4 Å². The first-order valence-electron chi connectivity index (χ1n) is 8.96. The molecule has 10 heteroatoms. The molecule has 0 unspecified atom stereocenters. The normalized spacial score (nSPS) is 11.2. The van der Waals surface area contributed by atoms with Gasteiger partial charge in [0.15, 0.2) is 23.9 Å². The zero-order valence-electron chi connectivity index (χ0n) is 17.1. The van der Waals surface area contributed by atoms with Crippen molar-refractivity contribution in [2.45, 2.75) is 19.5 Å². The summed E-state index contributed by atoms with van der Waals surface area (Å²) in [5, 5.41) is 5.05. The van der Waals surface area contributed by atoms with E-state index in [9.17, 15) is 14.4 Å². The van der Waals surface area contributed by atoms with Crippen molar-refractivity contribution in [3.8, 4) is 17.2 Å². The van der Waals surface area contributed by atoms with Crippen molar-refractivity contribution in [1.29, 1.82) is 0 Å². The van der Waals surface area contributed by atoms with Crippen molar-refractivity contribution in [2.75, 3.05) is 27.9 Å². The average molecular weight is 420 g/mol. The smallest absolute Gasteiger partial charge is 0.328 e. The first kappa shape index (κ1) is 22.6. The maximum atomic E-state index is 12.0. The van der Waals surface area contributed by atoms with E-state index in [1.54, 1.807) is 18.2 Å². The van der Waals surface area contributed by atoms with Crippen LogP contribution in [0.3, 0.4) is 0 Å². The number of esters is 1. The summed E-state index contributed by atoms with van der Waals surface area (Å²) in [5.74, 6) is -0.412. The van der Waals surface area contributed by atoms with Gasteiger partial charge < -0.3 is 34.0 Å². The summed E-state index contributed by atoms with van der Waals surface area (Å²) in [6.45, 7) is 1.10. The van der Waals surface area contributed by atoms with Crippen LogP contribution in [0.25, 0.3) is 0 Å². The highest BCUT2D eigenvalue weighted by atomic mass is 16.5. The van der Waals surface area contributed by atoms with Crippen LogP contribution in [0, 0.1) is 0 Å². The quantitative estimate of drug-likeness (QED) is 0.551. The Hall–Kier alpha value is -3.69. The first-order valence-corrected chi connectivity index (χ1v) is 8.96. The van der Waals surface area contributed by atoms with Gasteiger partial charge in [-0.2, -0.15) is 0 Å². The number of nitrogens with one attached hydrogen (secondary N) is 2. The van der Waals surface area contributed by atoms with Crippen LogP contribution in [-0.4, -0.2) is 51.8 Å². The van der Waals surface area contributed by atoms with Crippen molar-refractivity contribution < 1.29 is 37.7 Å². The second kappa shape index (κ2) is 10.7. The lowest BCUT2D eigenvalue weighted by molar-refractivity contribution is -0.150. The number of benzene rings is 1. The molecule has 0 spiro atoms. The van der Waals surface area contributed by atoms with Crippen LogP contribution >= 0.6 is 0 Å². The standard InChI is InChI=1S/C20H24N2O8/c1-12(22-19(24)14-6-5-7-29-14)20(25)30-11-17(23)21-10-13-8-15(26-2)18(28-4)16(9-13)27-3/h5-9,12H,10-11H2,1-4H3,(H,21,23)(H,22,24)/t12-/m0/s1. The van der Waals surface area contributed by atoms with Gasteiger partial charge in [-0.05, 0) is 36.8 Å². The minimum atomic E-state index is -0.953. The lowest BCUT2D eigenvalue weighted by atomic mass is 10.1. The van der Waals surface area contributed by atoms with Gasteiger partial charge in [0.2, 0.25) is 5.75 Å². The molecule has 2 aromatic rings. The zero-order chi connectivity index (χ0) is 22.1. The molecule has 2 amide bonds. The molecule has 162 valence electrons. The number of hydrogen-bond acceptors (Lipinski definition) is 8. The van der Waals surface area contributed by atoms with Crippen molar-refractivity contribution in [3.63, 3.8) is 0 Å². The van der Waals surface area contributed by atoms with E-state index in [2.05, 4.69) is 10.6 Å². The SMILES string of the molecule is COc1cc(CNC(=O)COC(=O)[C@H](C)NC(=O)c2ccco2)cc(OC)c1OC. The van der Waals surface area contributed by atoms with E-state index >= 15 is 0 Å². The zero-order valence-corrected chi connectivity index (χ0v) is 17.1. The number of methoxy groups -OCH3 is 3. The van der Waals surface area contributed by atoms with Gasteiger partial charge in [0, 0.05) is 6.54 Å². The summed E-state index contributed by atoms with van der Waals surface area (Å²) in [5.41, 5.74) is 0.697. The van der Waals surface area contributed by atoms with Gasteiger partial charge >= 0.3 is 5.97 Å². The maximum absolute atomic E-state index is 12.0. The molecule has 1 aromatic heterocycles. The molecule has 0 aliphatic heterocycles. The molecule has 0 saturated carbocycles. The van der Waals surface area contributed by atoms with Gasteiger partial charge in [-0.3, -0.25) is 9.59 Å². The van der Waals surface area contributed by atoms with Gasteiger partial charge in [-0.1, -0.05) is 0 Å². The van der Waals surface area contributed by atoms with E-state index in [1.165, 1.54) is 40.6 Å². The summed E-state index contributed by atoms with van der Waals surface area (Å²) >= 11 is 0. The van der Waals surface area contributed by atoms with Crippen LogP contribution in [0.2, 0.25) is 0 Å². The second-order valence-electron chi connectivity index (χ2n) is 6.09. The molecule has 0 fully saturated rings. The van der Waals surface area contributed by atoms with E-state index in [0.717, 1.165) is 0 Å². The van der Waals surface area contributed by atoms with Gasteiger partial charge in [0.1, 0.15) is 6.04 Å². The van der Waals surface area contributed by atoms with E-state index in [0.29, 0.717) is 22.8 Å². The van der Waals surface area contributed by atoms with E-state index in [1.807, 2.05) is 0 Å². The monoisotopic (exact) mass is 420 g/mol. The van der Waals surface area contributed by atoms with Gasteiger partial charge in [0.05, 0.1) is 27.6 Å². The van der Waals surface area contributed by atoms with Crippen LogP contribution in [-0.2, 0) is 20.9 Å². The Morgan fingerprint density at radius 3 is 2.27 bits per heavy atom. The Balaban J connectivity index is 1.83. The minimum Gasteiger partial charge on any atom is -0.493 e. The summed E-state index contributed by atoms with van der Waals surface area (Å²) in [4.78, 5) is 35.8. The third-order valence-electron chi connectivity index (χ3n) is 4.01. The van der Waals surface area contributed by atoms with Gasteiger partial charge in [0.25, 0.3) is 11.8 Å². The molecular formula is C20H24N2O8. The largest absolute Gasteiger partial charge is 0.493 e. The van der Waals surface area contributed by atoms with Crippen molar-refractivity contribution in [2.24, 2.45) is 0 Å². The molecule has 0 radical (unpaired) electrons. The Labute approximate surface area is 173 Å². The molecule has 0 saturated heterocycles. The van der Waals surface area contributed by atoms with Crippen LogP contribution in [0.15, 0.2) is 34.9 Å². The van der Waals surface area contributed by atoms with Crippen LogP contribution in [0.4, 0.5) is 0 Å². The topological polar surface area (TPSA) is 125 Å². The summed E-state index contributed by atoms with van der Waals surface area (Å²) < 4.78 is 25.6. The fourth-order valence-corrected chi connectivity index (χ4v) is 2.49. The predicted octanol–water partition coefficient (Wildman–Crippen LogP) is 1.28. The molecular weight excluding hydrogens is 396 g/mol. The Kier molecular flexibility index (Phi) is 8.09. The number of ether oxygens (including phenoxy) is 4. The Bertz CT molecular complexity index is 854. The molecule has 1 aromatic carbocycles. The van der Waals surface area contributed by atoms with Gasteiger partial charge in [-0.15, -0.1) is 0 Å². The van der Waals surface area contributed by atoms with Crippen LogP contribution in [0.1, 0.15) is 23.0 Å².